The van der Waals surface area contributed by atoms with Gasteiger partial charge in [-0.3, -0.25) is 4.79 Å². The Kier molecular flexibility index (Phi) is 4.41. The van der Waals surface area contributed by atoms with Gasteiger partial charge in [0.25, 0.3) is 0 Å². The molecule has 78 valence electrons. The summed E-state index contributed by atoms with van der Waals surface area (Å²) in [7, 11) is 0. The van der Waals surface area contributed by atoms with Gasteiger partial charge in [0.05, 0.1) is 5.69 Å². The highest BCUT2D eigenvalue weighted by Gasteiger charge is 2.06. The lowest BCUT2D eigenvalue weighted by Crippen LogP contribution is -2.11. The summed E-state index contributed by atoms with van der Waals surface area (Å²) >= 11 is 3.20. The molecule has 5 heteroatoms. The second-order valence-corrected chi connectivity index (χ2v) is 5.14. The van der Waals surface area contributed by atoms with Crippen molar-refractivity contribution in [3.05, 3.63) is 10.6 Å². The lowest BCUT2D eigenvalue weighted by atomic mass is 10.4. The highest BCUT2D eigenvalue weighted by molar-refractivity contribution is 7.98. The second-order valence-electron chi connectivity index (χ2n) is 2.95. The minimum absolute atomic E-state index is 0.0492. The third kappa shape index (κ3) is 3.31. The Morgan fingerprint density at radius 1 is 1.57 bits per heavy atom. The molecule has 3 nitrogen and oxygen atoms in total. The number of hydrogen-bond donors (Lipinski definition) is 1. The molecule has 1 aromatic rings. The molecule has 0 spiro atoms. The highest BCUT2D eigenvalue weighted by atomic mass is 32.2. The van der Waals surface area contributed by atoms with Crippen molar-refractivity contribution in [1.29, 1.82) is 0 Å². The topological polar surface area (TPSA) is 42.0 Å². The molecule has 0 aliphatic rings. The Labute approximate surface area is 92.3 Å². The quantitative estimate of drug-likeness (QED) is 0.864. The fourth-order valence-corrected chi connectivity index (χ4v) is 2.12. The molecule has 14 heavy (non-hydrogen) atoms. The van der Waals surface area contributed by atoms with Crippen LogP contribution < -0.4 is 5.32 Å². The van der Waals surface area contributed by atoms with E-state index in [1.165, 1.54) is 11.3 Å². The first kappa shape index (κ1) is 11.5. The number of nitrogens with zero attached hydrogens (tertiary/aromatic N) is 1. The summed E-state index contributed by atoms with van der Waals surface area (Å²) in [6.07, 6.45) is 2.55. The maximum absolute atomic E-state index is 11.3. The van der Waals surface area contributed by atoms with Crippen LogP contribution in [-0.2, 0) is 4.79 Å². The highest BCUT2D eigenvalue weighted by Crippen LogP contribution is 2.21. The summed E-state index contributed by atoms with van der Waals surface area (Å²) in [5, 5.41) is 3.51. The first-order valence-electron chi connectivity index (χ1n) is 4.36. The summed E-state index contributed by atoms with van der Waals surface area (Å²) in [5.74, 6) is 0.905. The molecule has 1 rings (SSSR count). The number of anilines is 1. The van der Waals surface area contributed by atoms with Gasteiger partial charge in [0.1, 0.15) is 0 Å². The van der Waals surface area contributed by atoms with Gasteiger partial charge in [-0.05, 0) is 20.1 Å². The van der Waals surface area contributed by atoms with E-state index in [1.807, 2.05) is 20.1 Å². The van der Waals surface area contributed by atoms with Crippen LogP contribution >= 0.6 is 23.1 Å². The Hall–Kier alpha value is -0.550. The number of amides is 1. The lowest BCUT2D eigenvalue weighted by molar-refractivity contribution is -0.115. The van der Waals surface area contributed by atoms with Crippen molar-refractivity contribution in [3.63, 3.8) is 0 Å². The van der Waals surface area contributed by atoms with E-state index in [4.69, 9.17) is 0 Å². The lowest BCUT2D eigenvalue weighted by Gasteiger charge is -1.98. The van der Waals surface area contributed by atoms with E-state index in [1.54, 1.807) is 11.8 Å². The van der Waals surface area contributed by atoms with Crippen LogP contribution in [0.2, 0.25) is 0 Å². The molecule has 1 heterocycles. The molecule has 1 aromatic heterocycles. The monoisotopic (exact) mass is 230 g/mol. The molecule has 0 aromatic carbocycles. The number of thiazole rings is 1. The second kappa shape index (κ2) is 5.36. The molecule has 0 fully saturated rings. The molecule has 0 aliphatic carbocycles. The van der Waals surface area contributed by atoms with Crippen molar-refractivity contribution in [2.24, 2.45) is 0 Å². The molecule has 0 bridgehead atoms. The number of thioether (sulfide) groups is 1. The van der Waals surface area contributed by atoms with Crippen molar-refractivity contribution in [1.82, 2.24) is 4.98 Å². The number of aryl methyl sites for hydroxylation is 2. The molecule has 0 atom stereocenters. The normalized spacial score (nSPS) is 10.2. The average molecular weight is 230 g/mol. The molecule has 1 amide bonds. The Balaban J connectivity index is 2.48. The van der Waals surface area contributed by atoms with Gasteiger partial charge >= 0.3 is 0 Å². The zero-order valence-electron chi connectivity index (χ0n) is 8.59. The summed E-state index contributed by atoms with van der Waals surface area (Å²) in [6.45, 7) is 3.95. The van der Waals surface area contributed by atoms with Crippen LogP contribution in [-0.4, -0.2) is 22.9 Å². The van der Waals surface area contributed by atoms with Crippen molar-refractivity contribution >= 4 is 34.1 Å². The van der Waals surface area contributed by atoms with Gasteiger partial charge < -0.3 is 5.32 Å². The molecule has 0 unspecified atom stereocenters. The van der Waals surface area contributed by atoms with Crippen molar-refractivity contribution in [2.45, 2.75) is 20.3 Å². The molecule has 1 N–H and O–H groups in total. The van der Waals surface area contributed by atoms with E-state index in [2.05, 4.69) is 10.3 Å². The van der Waals surface area contributed by atoms with Gasteiger partial charge in [-0.15, -0.1) is 11.3 Å². The van der Waals surface area contributed by atoms with Crippen molar-refractivity contribution < 1.29 is 4.79 Å². The SMILES string of the molecule is CSCCC(=O)Nc1nc(C)c(C)s1. The van der Waals surface area contributed by atoms with Crippen LogP contribution in [0.3, 0.4) is 0 Å². The van der Waals surface area contributed by atoms with Gasteiger partial charge in [-0.1, -0.05) is 0 Å². The Bertz CT molecular complexity index is 303. The average Bonchev–Trinajstić information content (AvgIpc) is 2.42. The van der Waals surface area contributed by atoms with Crippen LogP contribution in [0.1, 0.15) is 17.0 Å². The first-order valence-corrected chi connectivity index (χ1v) is 6.57. The first-order chi connectivity index (χ1) is 6.63. The van der Waals surface area contributed by atoms with Crippen LogP contribution in [0.5, 0.6) is 0 Å². The minimum atomic E-state index is 0.0492. The fourth-order valence-electron chi connectivity index (χ4n) is 0.903. The molecule has 0 saturated carbocycles. The minimum Gasteiger partial charge on any atom is -0.302 e. The van der Waals surface area contributed by atoms with E-state index in [9.17, 15) is 4.79 Å². The van der Waals surface area contributed by atoms with Crippen LogP contribution in [0.4, 0.5) is 5.13 Å². The van der Waals surface area contributed by atoms with Crippen LogP contribution in [0, 0.1) is 13.8 Å². The molecule has 0 aliphatic heterocycles. The summed E-state index contributed by atoms with van der Waals surface area (Å²) in [4.78, 5) is 16.7. The third-order valence-corrected chi connectivity index (χ3v) is 3.41. The van der Waals surface area contributed by atoms with Gasteiger partial charge in [-0.25, -0.2) is 4.98 Å². The van der Waals surface area contributed by atoms with Gasteiger partial charge in [0, 0.05) is 17.1 Å². The maximum atomic E-state index is 11.3. The number of carbonyl (C=O) groups is 1. The van der Waals surface area contributed by atoms with E-state index in [0.29, 0.717) is 11.6 Å². The largest absolute Gasteiger partial charge is 0.302 e. The predicted molar refractivity (Wildman–Crippen MR) is 63.2 cm³/mol. The standard InChI is InChI=1S/C9H14N2OS2/c1-6-7(2)14-9(10-6)11-8(12)4-5-13-3/h4-5H2,1-3H3,(H,10,11,12). The number of rotatable bonds is 4. The maximum Gasteiger partial charge on any atom is 0.226 e. The molecular weight excluding hydrogens is 216 g/mol. The Morgan fingerprint density at radius 2 is 2.29 bits per heavy atom. The zero-order valence-corrected chi connectivity index (χ0v) is 10.2. The van der Waals surface area contributed by atoms with Gasteiger partial charge in [0.2, 0.25) is 5.91 Å². The van der Waals surface area contributed by atoms with Gasteiger partial charge in [-0.2, -0.15) is 11.8 Å². The molecule has 0 saturated heterocycles. The number of aromatic nitrogens is 1. The van der Waals surface area contributed by atoms with Crippen molar-refractivity contribution in [2.75, 3.05) is 17.3 Å². The summed E-state index contributed by atoms with van der Waals surface area (Å²) in [5.41, 5.74) is 0.996. The molecular formula is C9H14N2OS2. The van der Waals surface area contributed by atoms with E-state index in [0.717, 1.165) is 16.3 Å². The van der Waals surface area contributed by atoms with E-state index in [-0.39, 0.29) is 5.91 Å². The third-order valence-electron chi connectivity index (χ3n) is 1.81. The predicted octanol–water partition coefficient (Wildman–Crippen LogP) is 2.45. The van der Waals surface area contributed by atoms with E-state index >= 15 is 0 Å². The number of nitrogens with one attached hydrogen (secondary N) is 1. The molecule has 0 radical (unpaired) electrons. The van der Waals surface area contributed by atoms with Crippen molar-refractivity contribution in [3.8, 4) is 0 Å². The summed E-state index contributed by atoms with van der Waals surface area (Å²) < 4.78 is 0. The van der Waals surface area contributed by atoms with Crippen LogP contribution in [0.15, 0.2) is 0 Å². The summed E-state index contributed by atoms with van der Waals surface area (Å²) in [6, 6.07) is 0. The fraction of sp³-hybridized carbons (Fsp3) is 0.556. The van der Waals surface area contributed by atoms with Gasteiger partial charge in [0.15, 0.2) is 5.13 Å². The van der Waals surface area contributed by atoms with Crippen LogP contribution in [0.25, 0.3) is 0 Å². The zero-order chi connectivity index (χ0) is 10.6. The smallest absolute Gasteiger partial charge is 0.226 e. The van der Waals surface area contributed by atoms with E-state index < -0.39 is 0 Å². The number of carbonyl (C=O) groups excluding carboxylic acids is 1. The number of hydrogen-bond acceptors (Lipinski definition) is 4. The Morgan fingerprint density at radius 3 is 2.79 bits per heavy atom.